The Labute approximate surface area is 110 Å². The third-order valence-corrected chi connectivity index (χ3v) is 2.27. The molecular weight excluding hydrogens is 248 g/mol. The molecule has 0 saturated heterocycles. The van der Waals surface area contributed by atoms with Crippen LogP contribution in [-0.4, -0.2) is 27.7 Å². The number of nitrogens with zero attached hydrogens (tertiary/aromatic N) is 1. The number of ether oxygens (including phenoxy) is 1. The Bertz CT molecular complexity index is 634. The van der Waals surface area contributed by atoms with Crippen molar-refractivity contribution >= 4 is 16.9 Å². The van der Waals surface area contributed by atoms with Crippen LogP contribution in [-0.2, 0) is 4.74 Å². The first-order chi connectivity index (χ1) is 9.15. The minimum absolute atomic E-state index is 0.131. The van der Waals surface area contributed by atoms with Crippen molar-refractivity contribution in [2.75, 3.05) is 6.61 Å². The molecule has 102 valence electrons. The molecule has 0 saturated carbocycles. The number of H-pyrrole nitrogens is 1. The highest BCUT2D eigenvalue weighted by molar-refractivity contribution is 5.98. The standard InChI is InChI=1S/C11H10N2O4.C2H6/c1-2-17-11(16)8-9(14)6-3-4-12-5-7(6)13-10(8)15;1-2/h3-5H,2H2,1H3,(H2,13,14,15);1-2H3. The number of aromatic hydroxyl groups is 1. The van der Waals surface area contributed by atoms with Crippen LogP contribution in [0.1, 0.15) is 31.1 Å². The number of esters is 1. The second-order valence-electron chi connectivity index (χ2n) is 3.32. The van der Waals surface area contributed by atoms with Crippen LogP contribution in [0.4, 0.5) is 0 Å². The lowest BCUT2D eigenvalue weighted by Gasteiger charge is -2.05. The molecule has 0 radical (unpaired) electrons. The van der Waals surface area contributed by atoms with Gasteiger partial charge in [0.05, 0.1) is 18.3 Å². The summed E-state index contributed by atoms with van der Waals surface area (Å²) in [7, 11) is 0. The Kier molecular flexibility index (Phi) is 5.05. The number of carbonyl (C=O) groups is 1. The molecule has 0 aromatic carbocycles. The molecule has 0 unspecified atom stereocenters. The average molecular weight is 264 g/mol. The van der Waals surface area contributed by atoms with Crippen LogP contribution in [0.25, 0.3) is 10.9 Å². The van der Waals surface area contributed by atoms with Crippen molar-refractivity contribution in [3.8, 4) is 5.75 Å². The smallest absolute Gasteiger partial charge is 0.347 e. The zero-order valence-electron chi connectivity index (χ0n) is 11.1. The number of hydrogen-bond acceptors (Lipinski definition) is 5. The normalized spacial score (nSPS) is 9.63. The Morgan fingerprint density at radius 1 is 1.47 bits per heavy atom. The van der Waals surface area contributed by atoms with Crippen molar-refractivity contribution < 1.29 is 14.6 Å². The molecule has 0 spiro atoms. The quantitative estimate of drug-likeness (QED) is 0.807. The van der Waals surface area contributed by atoms with Gasteiger partial charge in [-0.3, -0.25) is 9.78 Å². The number of nitrogens with one attached hydrogen (secondary N) is 1. The van der Waals surface area contributed by atoms with Crippen molar-refractivity contribution in [1.82, 2.24) is 9.97 Å². The fraction of sp³-hybridized carbons (Fsp3) is 0.308. The summed E-state index contributed by atoms with van der Waals surface area (Å²) in [6, 6.07) is 1.50. The van der Waals surface area contributed by atoms with E-state index in [1.807, 2.05) is 13.8 Å². The molecule has 0 fully saturated rings. The number of pyridine rings is 2. The molecule has 19 heavy (non-hydrogen) atoms. The van der Waals surface area contributed by atoms with E-state index in [1.165, 1.54) is 18.5 Å². The van der Waals surface area contributed by atoms with Gasteiger partial charge in [-0.2, -0.15) is 0 Å². The minimum atomic E-state index is -0.843. The first-order valence-electron chi connectivity index (χ1n) is 6.01. The second-order valence-corrected chi connectivity index (χ2v) is 3.32. The lowest BCUT2D eigenvalue weighted by molar-refractivity contribution is 0.0521. The monoisotopic (exact) mass is 264 g/mol. The van der Waals surface area contributed by atoms with Gasteiger partial charge in [-0.1, -0.05) is 13.8 Å². The van der Waals surface area contributed by atoms with Gasteiger partial charge >= 0.3 is 5.97 Å². The molecule has 2 aromatic rings. The van der Waals surface area contributed by atoms with Gasteiger partial charge in [0.15, 0.2) is 5.56 Å². The number of aromatic nitrogens is 2. The van der Waals surface area contributed by atoms with Crippen molar-refractivity contribution in [3.63, 3.8) is 0 Å². The van der Waals surface area contributed by atoms with Gasteiger partial charge in [-0.15, -0.1) is 0 Å². The van der Waals surface area contributed by atoms with E-state index >= 15 is 0 Å². The lowest BCUT2D eigenvalue weighted by Crippen LogP contribution is -2.20. The zero-order chi connectivity index (χ0) is 14.4. The van der Waals surface area contributed by atoms with E-state index in [9.17, 15) is 14.7 Å². The number of aromatic amines is 1. The van der Waals surface area contributed by atoms with E-state index in [4.69, 9.17) is 4.74 Å². The van der Waals surface area contributed by atoms with Crippen molar-refractivity contribution in [1.29, 1.82) is 0 Å². The Hall–Kier alpha value is -2.37. The molecule has 0 atom stereocenters. The first kappa shape index (κ1) is 14.7. The van der Waals surface area contributed by atoms with Crippen LogP contribution >= 0.6 is 0 Å². The average Bonchev–Trinajstić information content (AvgIpc) is 2.41. The maximum atomic E-state index is 11.6. The summed E-state index contributed by atoms with van der Waals surface area (Å²) in [5.74, 6) is -1.23. The molecule has 0 bridgehead atoms. The summed E-state index contributed by atoms with van der Waals surface area (Å²) < 4.78 is 4.70. The van der Waals surface area contributed by atoms with Crippen LogP contribution in [0.15, 0.2) is 23.3 Å². The Balaban J connectivity index is 0.000000861. The fourth-order valence-corrected chi connectivity index (χ4v) is 1.52. The van der Waals surface area contributed by atoms with Crippen LogP contribution < -0.4 is 5.56 Å². The summed E-state index contributed by atoms with van der Waals surface area (Å²) in [6.45, 7) is 5.75. The number of hydrogen-bond donors (Lipinski definition) is 2. The zero-order valence-corrected chi connectivity index (χ0v) is 11.1. The van der Waals surface area contributed by atoms with E-state index in [0.717, 1.165) is 0 Å². The number of rotatable bonds is 2. The highest BCUT2D eigenvalue weighted by Crippen LogP contribution is 2.24. The molecule has 6 heteroatoms. The van der Waals surface area contributed by atoms with Crippen molar-refractivity contribution in [2.24, 2.45) is 0 Å². The van der Waals surface area contributed by atoms with Gasteiger partial charge in [-0.05, 0) is 13.0 Å². The molecule has 2 rings (SSSR count). The molecule has 2 aromatic heterocycles. The van der Waals surface area contributed by atoms with E-state index in [2.05, 4.69) is 9.97 Å². The van der Waals surface area contributed by atoms with Crippen LogP contribution in [0.3, 0.4) is 0 Å². The maximum absolute atomic E-state index is 11.6. The highest BCUT2D eigenvalue weighted by Gasteiger charge is 2.19. The van der Waals surface area contributed by atoms with E-state index < -0.39 is 11.5 Å². The number of fused-ring (bicyclic) bond motifs is 1. The summed E-state index contributed by atoms with van der Waals surface area (Å²) >= 11 is 0. The molecule has 0 amide bonds. The summed E-state index contributed by atoms with van der Waals surface area (Å²) in [6.07, 6.45) is 2.85. The molecule has 0 aliphatic heterocycles. The SMILES string of the molecule is CC.CCOC(=O)c1c(O)c2ccncc2[nH]c1=O. The topological polar surface area (TPSA) is 92.3 Å². The van der Waals surface area contributed by atoms with Gasteiger partial charge < -0.3 is 14.8 Å². The van der Waals surface area contributed by atoms with E-state index in [1.54, 1.807) is 6.92 Å². The Morgan fingerprint density at radius 3 is 2.79 bits per heavy atom. The molecule has 0 aliphatic carbocycles. The summed E-state index contributed by atoms with van der Waals surface area (Å²) in [5, 5.41) is 10.2. The largest absolute Gasteiger partial charge is 0.506 e. The second kappa shape index (κ2) is 6.53. The fourth-order valence-electron chi connectivity index (χ4n) is 1.52. The van der Waals surface area contributed by atoms with Crippen LogP contribution in [0, 0.1) is 0 Å². The predicted molar refractivity (Wildman–Crippen MR) is 71.3 cm³/mol. The van der Waals surface area contributed by atoms with E-state index in [0.29, 0.717) is 10.9 Å². The van der Waals surface area contributed by atoms with Crippen molar-refractivity contribution in [2.45, 2.75) is 20.8 Å². The summed E-state index contributed by atoms with van der Waals surface area (Å²) in [5.41, 5.74) is -0.713. The molecule has 2 N–H and O–H groups in total. The maximum Gasteiger partial charge on any atom is 0.347 e. The van der Waals surface area contributed by atoms with Gasteiger partial charge in [0.25, 0.3) is 5.56 Å². The van der Waals surface area contributed by atoms with Gasteiger partial charge in [0.2, 0.25) is 0 Å². The molecule has 6 nitrogen and oxygen atoms in total. The highest BCUT2D eigenvalue weighted by atomic mass is 16.5. The molecule has 2 heterocycles. The number of carbonyl (C=O) groups excluding carboxylic acids is 1. The van der Waals surface area contributed by atoms with Gasteiger partial charge in [0.1, 0.15) is 5.75 Å². The van der Waals surface area contributed by atoms with Gasteiger partial charge in [0, 0.05) is 11.6 Å². The molecular formula is C13H16N2O4. The van der Waals surface area contributed by atoms with Crippen LogP contribution in [0.5, 0.6) is 5.75 Å². The third kappa shape index (κ3) is 2.90. The molecule has 0 aliphatic rings. The lowest BCUT2D eigenvalue weighted by atomic mass is 10.1. The first-order valence-corrected chi connectivity index (χ1v) is 6.01. The minimum Gasteiger partial charge on any atom is -0.506 e. The van der Waals surface area contributed by atoms with E-state index in [-0.39, 0.29) is 17.9 Å². The van der Waals surface area contributed by atoms with Crippen molar-refractivity contribution in [3.05, 3.63) is 34.4 Å². The van der Waals surface area contributed by atoms with Gasteiger partial charge in [-0.25, -0.2) is 4.79 Å². The third-order valence-electron chi connectivity index (χ3n) is 2.27. The predicted octanol–water partition coefficient (Wildman–Crippen LogP) is 1.83. The summed E-state index contributed by atoms with van der Waals surface area (Å²) in [4.78, 5) is 29.4. The Morgan fingerprint density at radius 2 is 2.16 bits per heavy atom. The van der Waals surface area contributed by atoms with Crippen LogP contribution in [0.2, 0.25) is 0 Å².